The van der Waals surface area contributed by atoms with Gasteiger partial charge in [0, 0.05) is 23.5 Å². The Morgan fingerprint density at radius 1 is 1.25 bits per heavy atom. The van der Waals surface area contributed by atoms with Crippen molar-refractivity contribution in [3.8, 4) is 0 Å². The Labute approximate surface area is 195 Å². The van der Waals surface area contributed by atoms with E-state index in [2.05, 4.69) is 15.3 Å². The normalized spacial score (nSPS) is 13.2. The number of hydrogen-bond donors (Lipinski definition) is 3. The van der Waals surface area contributed by atoms with Crippen LogP contribution in [0.25, 0.3) is 10.9 Å². The predicted molar refractivity (Wildman–Crippen MR) is 127 cm³/mol. The van der Waals surface area contributed by atoms with E-state index < -0.39 is 32.2 Å². The maximum Gasteiger partial charge on any atom is 0.163 e. The highest BCUT2D eigenvalue weighted by atomic mass is 35.5. The first-order chi connectivity index (χ1) is 14.8. The second-order valence-corrected chi connectivity index (χ2v) is 11.4. The van der Waals surface area contributed by atoms with Gasteiger partial charge in [-0.1, -0.05) is 30.1 Å². The van der Waals surface area contributed by atoms with Gasteiger partial charge in [-0.25, -0.2) is 17.8 Å². The molecule has 0 amide bonds. The molecule has 1 atom stereocenters. The molecule has 1 aromatic carbocycles. The highest BCUT2D eigenvalue weighted by molar-refractivity contribution is 7.93. The van der Waals surface area contributed by atoms with E-state index in [0.717, 1.165) is 0 Å². The largest absolute Gasteiger partial charge is 0.386 e. The lowest BCUT2D eigenvalue weighted by Gasteiger charge is -2.25. The first-order valence-corrected chi connectivity index (χ1v) is 12.0. The van der Waals surface area contributed by atoms with Gasteiger partial charge in [-0.05, 0) is 49.6 Å². The van der Waals surface area contributed by atoms with E-state index in [1.807, 2.05) is 0 Å². The first kappa shape index (κ1) is 24.2. The van der Waals surface area contributed by atoms with Crippen LogP contribution in [0.2, 0.25) is 10.0 Å². The predicted octanol–water partition coefficient (Wildman–Crippen LogP) is 5.05. The molecule has 0 bridgehead atoms. The third-order valence-electron chi connectivity index (χ3n) is 5.33. The van der Waals surface area contributed by atoms with Crippen molar-refractivity contribution in [2.24, 2.45) is 5.73 Å². The average molecular weight is 498 g/mol. The lowest BCUT2D eigenvalue weighted by Crippen LogP contribution is -2.46. The number of rotatable bonds is 7. The molecule has 2 aromatic heterocycles. The molecule has 3 rings (SSSR count). The molecular formula is C21H22Cl2FN5O2S. The van der Waals surface area contributed by atoms with Crippen LogP contribution in [0, 0.1) is 11.2 Å². The van der Waals surface area contributed by atoms with Gasteiger partial charge < -0.3 is 11.1 Å². The topological polar surface area (TPSA) is 122 Å². The number of hydrogen-bond acceptors (Lipinski definition) is 6. The van der Waals surface area contributed by atoms with Gasteiger partial charge in [-0.3, -0.25) is 10.4 Å². The third kappa shape index (κ3) is 4.65. The molecule has 2 heterocycles. The minimum atomic E-state index is -3.82. The summed E-state index contributed by atoms with van der Waals surface area (Å²) in [5, 5.41) is 12.1. The molecule has 0 aliphatic rings. The van der Waals surface area contributed by atoms with Crippen LogP contribution in [0.4, 0.5) is 15.9 Å². The average Bonchev–Trinajstić information content (AvgIpc) is 2.71. The smallest absolute Gasteiger partial charge is 0.163 e. The van der Waals surface area contributed by atoms with Crippen molar-refractivity contribution in [2.45, 2.75) is 31.4 Å². The molecule has 0 aliphatic heterocycles. The molecule has 3 aromatic rings. The molecular weight excluding hydrogens is 476 g/mol. The summed E-state index contributed by atoms with van der Waals surface area (Å²) in [6, 6.07) is 5.95. The number of nitrogens with two attached hydrogens (primary N) is 1. The zero-order chi connectivity index (χ0) is 23.8. The zero-order valence-electron chi connectivity index (χ0n) is 17.6. The van der Waals surface area contributed by atoms with Crippen molar-refractivity contribution in [2.75, 3.05) is 11.1 Å². The van der Waals surface area contributed by atoms with Crippen molar-refractivity contribution < 1.29 is 12.8 Å². The Hall–Kier alpha value is -2.49. The molecule has 0 radical (unpaired) electrons. The van der Waals surface area contributed by atoms with Gasteiger partial charge in [0.1, 0.15) is 21.9 Å². The van der Waals surface area contributed by atoms with Gasteiger partial charge in [-0.2, -0.15) is 0 Å². The van der Waals surface area contributed by atoms with Gasteiger partial charge in [0.15, 0.2) is 15.7 Å². The SMILES string of the molecule is CC(CS(=O)(=O)C(C)(C)C(=N)N)c1cc(Nc2ncc(Cl)c3cc(Cl)cnc23)ccc1F. The fourth-order valence-corrected chi connectivity index (χ4v) is 5.02. The van der Waals surface area contributed by atoms with Gasteiger partial charge in [0.25, 0.3) is 0 Å². The van der Waals surface area contributed by atoms with Crippen LogP contribution in [-0.2, 0) is 9.84 Å². The van der Waals surface area contributed by atoms with Crippen LogP contribution in [0.1, 0.15) is 32.3 Å². The van der Waals surface area contributed by atoms with Crippen LogP contribution in [0.3, 0.4) is 0 Å². The highest BCUT2D eigenvalue weighted by Gasteiger charge is 2.38. The van der Waals surface area contributed by atoms with Gasteiger partial charge in [0.05, 0.1) is 15.8 Å². The number of fused-ring (bicyclic) bond motifs is 1. The first-order valence-electron chi connectivity index (χ1n) is 9.56. The Morgan fingerprint density at radius 2 is 1.94 bits per heavy atom. The Bertz CT molecular complexity index is 1320. The van der Waals surface area contributed by atoms with Gasteiger partial charge in [-0.15, -0.1) is 0 Å². The van der Waals surface area contributed by atoms with Gasteiger partial charge >= 0.3 is 0 Å². The number of sulfone groups is 1. The molecule has 11 heteroatoms. The van der Waals surface area contributed by atoms with Crippen molar-refractivity contribution in [3.63, 3.8) is 0 Å². The number of benzene rings is 1. The maximum absolute atomic E-state index is 14.6. The molecule has 0 aliphatic carbocycles. The number of halogens is 3. The standard InChI is InChI=1S/C21H22Cl2FN5O2S/c1-11(10-32(30,31)21(2,3)20(25)26)14-7-13(4-5-17(14)24)29-19-18-15(16(23)9-28-19)6-12(22)8-27-18/h4-9,11H,10H2,1-3H3,(H3,25,26)(H,28,29). The minimum Gasteiger partial charge on any atom is -0.386 e. The number of pyridine rings is 2. The summed E-state index contributed by atoms with van der Waals surface area (Å²) in [7, 11) is -3.82. The van der Waals surface area contributed by atoms with Crippen molar-refractivity contribution in [1.82, 2.24) is 9.97 Å². The summed E-state index contributed by atoms with van der Waals surface area (Å²) in [5.41, 5.74) is 6.64. The summed E-state index contributed by atoms with van der Waals surface area (Å²) >= 11 is 12.2. The maximum atomic E-state index is 14.6. The summed E-state index contributed by atoms with van der Waals surface area (Å²) < 4.78 is 38.6. The fraction of sp³-hybridized carbons (Fsp3) is 0.286. The number of aromatic nitrogens is 2. The second-order valence-electron chi connectivity index (χ2n) is 7.97. The van der Waals surface area contributed by atoms with Crippen LogP contribution in [0.5, 0.6) is 0 Å². The molecule has 0 saturated carbocycles. The second kappa shape index (κ2) is 8.80. The van der Waals surface area contributed by atoms with Crippen LogP contribution in [0.15, 0.2) is 36.7 Å². The quantitative estimate of drug-likeness (QED) is 0.310. The Morgan fingerprint density at radius 3 is 2.59 bits per heavy atom. The monoisotopic (exact) mass is 497 g/mol. The molecule has 32 heavy (non-hydrogen) atoms. The lowest BCUT2D eigenvalue weighted by molar-refractivity contribution is 0.564. The van der Waals surface area contributed by atoms with E-state index in [9.17, 15) is 12.8 Å². The van der Waals surface area contributed by atoms with Crippen LogP contribution in [-0.4, -0.2) is 34.7 Å². The lowest BCUT2D eigenvalue weighted by atomic mass is 10.0. The number of amidine groups is 1. The van der Waals surface area contributed by atoms with E-state index >= 15 is 0 Å². The van der Waals surface area contributed by atoms with Crippen molar-refractivity contribution >= 4 is 61.3 Å². The minimum absolute atomic E-state index is 0.201. The summed E-state index contributed by atoms with van der Waals surface area (Å²) in [6.07, 6.45) is 2.92. The Balaban J connectivity index is 1.94. The molecule has 7 nitrogen and oxygen atoms in total. The molecule has 0 fully saturated rings. The van der Waals surface area contributed by atoms with Crippen molar-refractivity contribution in [3.05, 3.63) is 58.1 Å². The Kier molecular flexibility index (Phi) is 6.65. The molecule has 4 N–H and O–H groups in total. The van der Waals surface area contributed by atoms with E-state index in [0.29, 0.717) is 32.5 Å². The van der Waals surface area contributed by atoms with Crippen LogP contribution >= 0.6 is 23.2 Å². The summed E-state index contributed by atoms with van der Waals surface area (Å²) in [5.74, 6) is -1.68. The van der Waals surface area contributed by atoms with E-state index in [-0.39, 0.29) is 11.3 Å². The van der Waals surface area contributed by atoms with E-state index in [4.69, 9.17) is 34.3 Å². The molecule has 0 spiro atoms. The molecule has 1 unspecified atom stereocenters. The van der Waals surface area contributed by atoms with Crippen LogP contribution < -0.4 is 11.1 Å². The molecule has 0 saturated heterocycles. The van der Waals surface area contributed by atoms with Gasteiger partial charge in [0.2, 0.25) is 0 Å². The zero-order valence-corrected chi connectivity index (χ0v) is 19.9. The van der Waals surface area contributed by atoms with Crippen molar-refractivity contribution in [1.29, 1.82) is 5.41 Å². The summed E-state index contributed by atoms with van der Waals surface area (Å²) in [6.45, 7) is 4.33. The summed E-state index contributed by atoms with van der Waals surface area (Å²) in [4.78, 5) is 8.54. The number of anilines is 2. The van der Waals surface area contributed by atoms with E-state index in [1.165, 1.54) is 44.4 Å². The number of nitrogens with one attached hydrogen (secondary N) is 2. The molecule has 170 valence electrons. The number of nitrogens with zero attached hydrogens (tertiary/aromatic N) is 2. The fourth-order valence-electron chi connectivity index (χ4n) is 3.08. The third-order valence-corrected chi connectivity index (χ3v) is 8.55. The highest BCUT2D eigenvalue weighted by Crippen LogP contribution is 2.32. The van der Waals surface area contributed by atoms with E-state index in [1.54, 1.807) is 13.0 Å².